The van der Waals surface area contributed by atoms with Crippen LogP contribution in [-0.2, 0) is 4.79 Å². The quantitative estimate of drug-likeness (QED) is 0.815. The second-order valence-electron chi connectivity index (χ2n) is 5.07. The van der Waals surface area contributed by atoms with E-state index in [0.29, 0.717) is 17.2 Å². The summed E-state index contributed by atoms with van der Waals surface area (Å²) in [5.74, 6) is 0.948. The molecule has 0 bridgehead atoms. The molecule has 0 aliphatic rings. The number of ether oxygens (including phenoxy) is 2. The fourth-order valence-corrected chi connectivity index (χ4v) is 2.19. The van der Waals surface area contributed by atoms with Crippen LogP contribution in [0.2, 0.25) is 0 Å². The molecule has 2 aromatic rings. The molecule has 1 amide bonds. The zero-order valence-electron chi connectivity index (χ0n) is 14.1. The maximum absolute atomic E-state index is 12.6. The van der Waals surface area contributed by atoms with Crippen LogP contribution in [0.4, 0.5) is 5.69 Å². The number of carbonyl (C=O) groups is 1. The van der Waals surface area contributed by atoms with Gasteiger partial charge in [-0.05, 0) is 32.0 Å². The van der Waals surface area contributed by atoms with Gasteiger partial charge in [-0.2, -0.15) is 0 Å². The molecule has 24 heavy (non-hydrogen) atoms. The van der Waals surface area contributed by atoms with Crippen molar-refractivity contribution in [1.29, 1.82) is 0 Å². The van der Waals surface area contributed by atoms with Crippen molar-refractivity contribution < 1.29 is 14.3 Å². The van der Waals surface area contributed by atoms with Crippen molar-refractivity contribution in [2.45, 2.75) is 13.8 Å². The van der Waals surface area contributed by atoms with E-state index in [1.807, 2.05) is 19.9 Å². The van der Waals surface area contributed by atoms with Gasteiger partial charge in [-0.3, -0.25) is 4.79 Å². The van der Waals surface area contributed by atoms with Crippen LogP contribution in [0.3, 0.4) is 0 Å². The first-order valence-corrected chi connectivity index (χ1v) is 7.26. The van der Waals surface area contributed by atoms with Gasteiger partial charge in [0.15, 0.2) is 5.82 Å². The van der Waals surface area contributed by atoms with Gasteiger partial charge in [0.25, 0.3) is 5.91 Å². The molecule has 7 nitrogen and oxygen atoms in total. The second kappa shape index (κ2) is 7.45. The summed E-state index contributed by atoms with van der Waals surface area (Å²) in [4.78, 5) is 21.1. The van der Waals surface area contributed by atoms with Crippen molar-refractivity contribution in [3.63, 3.8) is 0 Å². The fourth-order valence-electron chi connectivity index (χ4n) is 2.19. The molecule has 3 N–H and O–H groups in total. The molecule has 0 aliphatic heterocycles. The Hall–Kier alpha value is -3.09. The van der Waals surface area contributed by atoms with E-state index in [4.69, 9.17) is 15.2 Å². The summed E-state index contributed by atoms with van der Waals surface area (Å²) in [7, 11) is 3.07. The van der Waals surface area contributed by atoms with Crippen molar-refractivity contribution >= 4 is 17.2 Å². The topological polar surface area (TPSA) is 99.4 Å². The summed E-state index contributed by atoms with van der Waals surface area (Å²) in [6, 6.07) is 6.90. The number of methoxy groups -OCH3 is 2. The van der Waals surface area contributed by atoms with Crippen LogP contribution in [0, 0.1) is 13.8 Å². The highest BCUT2D eigenvalue weighted by Gasteiger charge is 2.17. The number of nitrogens with one attached hydrogen (secondary N) is 1. The van der Waals surface area contributed by atoms with E-state index in [2.05, 4.69) is 15.3 Å². The first-order chi connectivity index (χ1) is 11.5. The lowest BCUT2D eigenvalue weighted by Gasteiger charge is -2.13. The van der Waals surface area contributed by atoms with Crippen LogP contribution in [0.1, 0.15) is 17.2 Å². The summed E-state index contributed by atoms with van der Waals surface area (Å²) < 4.78 is 10.4. The molecule has 1 aromatic carbocycles. The minimum absolute atomic E-state index is 0.180. The Labute approximate surface area is 140 Å². The molecular weight excluding hydrogens is 308 g/mol. The monoisotopic (exact) mass is 328 g/mol. The Morgan fingerprint density at radius 1 is 1.12 bits per heavy atom. The van der Waals surface area contributed by atoms with E-state index >= 15 is 0 Å². The molecule has 0 radical (unpaired) electrons. The van der Waals surface area contributed by atoms with Crippen molar-refractivity contribution in [1.82, 2.24) is 9.97 Å². The second-order valence-corrected chi connectivity index (χ2v) is 5.07. The third-order valence-electron chi connectivity index (χ3n) is 3.29. The van der Waals surface area contributed by atoms with Crippen molar-refractivity contribution in [2.75, 3.05) is 19.5 Å². The van der Waals surface area contributed by atoms with Gasteiger partial charge in [0.1, 0.15) is 11.5 Å². The minimum Gasteiger partial charge on any atom is -0.497 e. The van der Waals surface area contributed by atoms with E-state index in [9.17, 15) is 4.79 Å². The number of anilines is 1. The van der Waals surface area contributed by atoms with E-state index in [1.54, 1.807) is 25.3 Å². The van der Waals surface area contributed by atoms with Gasteiger partial charge in [0, 0.05) is 23.7 Å². The summed E-state index contributed by atoms with van der Waals surface area (Å²) >= 11 is 0. The number of nitrogens with zero attached hydrogens (tertiary/aromatic N) is 2. The summed E-state index contributed by atoms with van der Waals surface area (Å²) in [6.07, 6.45) is 1.19. The fraction of sp³-hybridized carbons (Fsp3) is 0.235. The zero-order valence-corrected chi connectivity index (χ0v) is 14.1. The van der Waals surface area contributed by atoms with E-state index in [-0.39, 0.29) is 11.4 Å². The summed E-state index contributed by atoms with van der Waals surface area (Å²) in [5.41, 5.74) is 7.81. The molecule has 0 unspecified atom stereocenters. The van der Waals surface area contributed by atoms with Crippen LogP contribution in [0.25, 0.3) is 5.57 Å². The molecule has 0 saturated heterocycles. The third kappa shape index (κ3) is 3.81. The normalized spacial score (nSPS) is 11.1. The number of rotatable bonds is 5. The molecule has 126 valence electrons. The van der Waals surface area contributed by atoms with Crippen molar-refractivity contribution in [3.8, 4) is 11.5 Å². The SMILES string of the molecule is COc1ccc(NC(=O)C(=CN)c2nc(C)cc(C)n2)c(OC)c1. The highest BCUT2D eigenvalue weighted by atomic mass is 16.5. The first-order valence-electron chi connectivity index (χ1n) is 7.26. The molecule has 0 atom stereocenters. The lowest BCUT2D eigenvalue weighted by atomic mass is 10.2. The predicted octanol–water partition coefficient (Wildman–Crippen LogP) is 2.05. The van der Waals surface area contributed by atoms with Crippen molar-refractivity contribution in [2.24, 2.45) is 5.73 Å². The molecule has 0 spiro atoms. The Morgan fingerprint density at radius 3 is 2.33 bits per heavy atom. The predicted molar refractivity (Wildman–Crippen MR) is 91.8 cm³/mol. The number of nitrogens with two attached hydrogens (primary N) is 1. The highest BCUT2D eigenvalue weighted by Crippen LogP contribution is 2.29. The van der Waals surface area contributed by atoms with Crippen molar-refractivity contribution in [3.05, 3.63) is 47.7 Å². The number of benzene rings is 1. The number of carbonyl (C=O) groups excluding carboxylic acids is 1. The highest BCUT2D eigenvalue weighted by molar-refractivity contribution is 6.24. The Bertz CT molecular complexity index is 767. The lowest BCUT2D eigenvalue weighted by Crippen LogP contribution is -2.17. The Morgan fingerprint density at radius 2 is 1.79 bits per heavy atom. The van der Waals surface area contributed by atoms with E-state index < -0.39 is 5.91 Å². The molecule has 0 aliphatic carbocycles. The molecular formula is C17H20N4O3. The average Bonchev–Trinajstić information content (AvgIpc) is 2.55. The lowest BCUT2D eigenvalue weighted by molar-refractivity contribution is -0.111. The number of hydrogen-bond donors (Lipinski definition) is 2. The molecule has 0 fully saturated rings. The summed E-state index contributed by atoms with van der Waals surface area (Å²) in [6.45, 7) is 3.66. The Balaban J connectivity index is 2.30. The largest absolute Gasteiger partial charge is 0.497 e. The maximum Gasteiger partial charge on any atom is 0.261 e. The number of aromatic nitrogens is 2. The maximum atomic E-state index is 12.6. The molecule has 1 heterocycles. The van der Waals surface area contributed by atoms with Gasteiger partial charge < -0.3 is 20.5 Å². The molecule has 1 aromatic heterocycles. The van der Waals surface area contributed by atoms with Gasteiger partial charge in [0.2, 0.25) is 0 Å². The van der Waals surface area contributed by atoms with Gasteiger partial charge in [-0.25, -0.2) is 9.97 Å². The first kappa shape index (κ1) is 17.3. The minimum atomic E-state index is -0.425. The van der Waals surface area contributed by atoms with Gasteiger partial charge in [-0.15, -0.1) is 0 Å². The third-order valence-corrected chi connectivity index (χ3v) is 3.29. The average molecular weight is 328 g/mol. The number of amides is 1. The molecule has 7 heteroatoms. The van der Waals surface area contributed by atoms with Gasteiger partial charge in [0.05, 0.1) is 25.5 Å². The zero-order chi connectivity index (χ0) is 17.7. The van der Waals surface area contributed by atoms with Crippen LogP contribution in [0.5, 0.6) is 11.5 Å². The molecule has 0 saturated carbocycles. The molecule has 2 rings (SSSR count). The van der Waals surface area contributed by atoms with Crippen LogP contribution in [-0.4, -0.2) is 30.1 Å². The standard InChI is InChI=1S/C17H20N4O3/c1-10-7-11(2)20-16(19-10)13(9-18)17(22)21-14-6-5-12(23-3)8-15(14)24-4/h5-9H,18H2,1-4H3,(H,21,22). The Kier molecular flexibility index (Phi) is 5.36. The van der Waals surface area contributed by atoms with E-state index in [0.717, 1.165) is 11.4 Å². The van der Waals surface area contributed by atoms with Crippen LogP contribution < -0.4 is 20.5 Å². The summed E-state index contributed by atoms with van der Waals surface area (Å²) in [5, 5.41) is 2.75. The number of aryl methyl sites for hydroxylation is 2. The van der Waals surface area contributed by atoms with Crippen LogP contribution in [0.15, 0.2) is 30.5 Å². The smallest absolute Gasteiger partial charge is 0.261 e. The van der Waals surface area contributed by atoms with E-state index in [1.165, 1.54) is 13.3 Å². The van der Waals surface area contributed by atoms with Crippen LogP contribution >= 0.6 is 0 Å². The van der Waals surface area contributed by atoms with Gasteiger partial charge in [-0.1, -0.05) is 0 Å². The number of hydrogen-bond acceptors (Lipinski definition) is 6. The van der Waals surface area contributed by atoms with Gasteiger partial charge >= 0.3 is 0 Å².